The maximum absolute atomic E-state index is 10.7. The van der Waals surface area contributed by atoms with Crippen LogP contribution in [0.25, 0.3) is 0 Å². The SMILES string of the molecule is CSc1c(N=C=O)c(SC)c(SC)c(SC)c1SC. The van der Waals surface area contributed by atoms with Crippen LogP contribution < -0.4 is 0 Å². The molecule has 0 N–H and O–H groups in total. The van der Waals surface area contributed by atoms with Crippen LogP contribution in [0, 0.1) is 0 Å². The van der Waals surface area contributed by atoms with Gasteiger partial charge in [0.2, 0.25) is 6.08 Å². The molecule has 0 amide bonds. The third-order valence-electron chi connectivity index (χ3n) is 2.43. The van der Waals surface area contributed by atoms with Crippen molar-refractivity contribution in [3.63, 3.8) is 0 Å². The van der Waals surface area contributed by atoms with Crippen LogP contribution >= 0.6 is 58.8 Å². The highest BCUT2D eigenvalue weighted by Crippen LogP contribution is 2.52. The van der Waals surface area contributed by atoms with Crippen LogP contribution in [0.2, 0.25) is 0 Å². The second-order valence-electron chi connectivity index (χ2n) is 3.22. The van der Waals surface area contributed by atoms with Gasteiger partial charge in [0.1, 0.15) is 5.69 Å². The first kappa shape index (κ1) is 17.4. The van der Waals surface area contributed by atoms with Gasteiger partial charge in [-0.25, -0.2) is 4.79 Å². The van der Waals surface area contributed by atoms with E-state index in [4.69, 9.17) is 0 Å². The second-order valence-corrected chi connectivity index (χ2v) is 7.30. The predicted octanol–water partition coefficient (Wildman–Crippen LogP) is 5.26. The van der Waals surface area contributed by atoms with Gasteiger partial charge in [-0.2, -0.15) is 4.99 Å². The number of benzene rings is 1. The molecule has 0 spiro atoms. The number of aliphatic imine (C=N–C) groups is 1. The Morgan fingerprint density at radius 2 is 1.00 bits per heavy atom. The van der Waals surface area contributed by atoms with Crippen LogP contribution in [-0.4, -0.2) is 37.4 Å². The topological polar surface area (TPSA) is 29.4 Å². The second kappa shape index (κ2) is 8.60. The van der Waals surface area contributed by atoms with Crippen molar-refractivity contribution in [3.8, 4) is 0 Å². The Bertz CT molecular complexity index is 478. The summed E-state index contributed by atoms with van der Waals surface area (Å²) < 4.78 is 0. The standard InChI is InChI=1S/C12H15NOS5/c1-15-8-7(13-6-14)9(16-2)11(18-4)12(19-5)10(8)17-3/h1-5H3. The molecule has 0 aliphatic carbocycles. The van der Waals surface area contributed by atoms with Crippen molar-refractivity contribution in [2.75, 3.05) is 31.3 Å². The zero-order valence-electron chi connectivity index (χ0n) is 11.4. The van der Waals surface area contributed by atoms with Gasteiger partial charge in [0.25, 0.3) is 0 Å². The number of carbonyl (C=O) groups excluding carboxylic acids is 1. The molecule has 1 aromatic carbocycles. The lowest BCUT2D eigenvalue weighted by Gasteiger charge is -2.19. The molecule has 1 aromatic rings. The lowest BCUT2D eigenvalue weighted by molar-refractivity contribution is 0.565. The fraction of sp³-hybridized carbons (Fsp3) is 0.417. The molecular weight excluding hydrogens is 334 g/mol. The summed E-state index contributed by atoms with van der Waals surface area (Å²) in [6.45, 7) is 0. The highest BCUT2D eigenvalue weighted by Gasteiger charge is 2.22. The third-order valence-corrected chi connectivity index (χ3v) is 7.01. The summed E-state index contributed by atoms with van der Waals surface area (Å²) in [4.78, 5) is 20.5. The minimum atomic E-state index is 0.765. The maximum atomic E-state index is 10.7. The van der Waals surface area contributed by atoms with Crippen LogP contribution in [-0.2, 0) is 4.79 Å². The minimum Gasteiger partial charge on any atom is -0.211 e. The quantitative estimate of drug-likeness (QED) is 0.395. The van der Waals surface area contributed by atoms with Gasteiger partial charge in [-0.3, -0.25) is 0 Å². The molecule has 0 aliphatic heterocycles. The number of hydrogen-bond acceptors (Lipinski definition) is 7. The van der Waals surface area contributed by atoms with E-state index >= 15 is 0 Å². The predicted molar refractivity (Wildman–Crippen MR) is 93.1 cm³/mol. The molecule has 7 heteroatoms. The van der Waals surface area contributed by atoms with E-state index in [1.807, 2.05) is 12.5 Å². The Balaban J connectivity index is 3.84. The van der Waals surface area contributed by atoms with E-state index in [1.165, 1.54) is 14.7 Å². The average molecular weight is 350 g/mol. The van der Waals surface area contributed by atoms with Crippen molar-refractivity contribution < 1.29 is 4.79 Å². The average Bonchev–Trinajstić information content (AvgIpc) is 2.45. The van der Waals surface area contributed by atoms with E-state index < -0.39 is 0 Å². The number of rotatable bonds is 6. The summed E-state index contributed by atoms with van der Waals surface area (Å²) in [7, 11) is 0. The molecule has 0 atom stereocenters. The molecule has 0 saturated carbocycles. The van der Waals surface area contributed by atoms with Gasteiger partial charge < -0.3 is 0 Å². The monoisotopic (exact) mass is 349 g/mol. The Labute approximate surface area is 135 Å². The molecule has 0 aromatic heterocycles. The van der Waals surface area contributed by atoms with Crippen molar-refractivity contribution in [2.45, 2.75) is 24.5 Å². The van der Waals surface area contributed by atoms with Crippen LogP contribution in [0.15, 0.2) is 29.5 Å². The highest BCUT2D eigenvalue weighted by atomic mass is 32.2. The Morgan fingerprint density at radius 3 is 1.26 bits per heavy atom. The number of hydrogen-bond donors (Lipinski definition) is 0. The van der Waals surface area contributed by atoms with E-state index in [9.17, 15) is 4.79 Å². The van der Waals surface area contributed by atoms with E-state index in [2.05, 4.69) is 23.8 Å². The Hall–Kier alpha value is 0.350. The zero-order valence-corrected chi connectivity index (χ0v) is 15.5. The number of isocyanates is 1. The van der Waals surface area contributed by atoms with Crippen molar-refractivity contribution in [1.29, 1.82) is 0 Å². The maximum Gasteiger partial charge on any atom is 0.240 e. The van der Waals surface area contributed by atoms with Gasteiger partial charge >= 0.3 is 0 Å². The van der Waals surface area contributed by atoms with Gasteiger partial charge in [-0.1, -0.05) is 0 Å². The van der Waals surface area contributed by atoms with Gasteiger partial charge in [0, 0.05) is 24.5 Å². The molecule has 0 aliphatic rings. The number of thioether (sulfide) groups is 5. The van der Waals surface area contributed by atoms with Gasteiger partial charge in [-0.05, 0) is 31.3 Å². The smallest absolute Gasteiger partial charge is 0.211 e. The molecule has 0 heterocycles. The summed E-state index contributed by atoms with van der Waals surface area (Å²) in [5.41, 5.74) is 0.765. The van der Waals surface area contributed by atoms with E-state index in [0.29, 0.717) is 0 Å². The normalized spacial score (nSPS) is 10.4. The van der Waals surface area contributed by atoms with Crippen molar-refractivity contribution in [2.24, 2.45) is 4.99 Å². The zero-order chi connectivity index (χ0) is 14.4. The lowest BCUT2D eigenvalue weighted by atomic mass is 10.3. The molecule has 0 unspecified atom stereocenters. The summed E-state index contributed by atoms with van der Waals surface area (Å²) in [5.74, 6) is 0. The van der Waals surface area contributed by atoms with E-state index in [1.54, 1.807) is 64.9 Å². The molecule has 0 bridgehead atoms. The molecule has 19 heavy (non-hydrogen) atoms. The molecule has 2 nitrogen and oxygen atoms in total. The fourth-order valence-corrected chi connectivity index (χ4v) is 6.94. The highest BCUT2D eigenvalue weighted by molar-refractivity contribution is 8.05. The molecule has 0 radical (unpaired) electrons. The summed E-state index contributed by atoms with van der Waals surface area (Å²) >= 11 is 8.43. The first-order valence-electron chi connectivity index (χ1n) is 5.21. The van der Waals surface area contributed by atoms with Crippen LogP contribution in [0.1, 0.15) is 0 Å². The molecule has 1 rings (SSSR count). The molecule has 104 valence electrons. The fourth-order valence-electron chi connectivity index (χ4n) is 1.71. The number of nitrogens with zero attached hydrogens (tertiary/aromatic N) is 1. The third kappa shape index (κ3) is 3.52. The lowest BCUT2D eigenvalue weighted by Crippen LogP contribution is -1.92. The van der Waals surface area contributed by atoms with Crippen LogP contribution in [0.3, 0.4) is 0 Å². The van der Waals surface area contributed by atoms with Crippen molar-refractivity contribution >= 4 is 70.6 Å². The van der Waals surface area contributed by atoms with Gasteiger partial charge in [0.15, 0.2) is 0 Å². The Kier molecular flexibility index (Phi) is 7.87. The van der Waals surface area contributed by atoms with Crippen LogP contribution in [0.5, 0.6) is 0 Å². The first-order valence-corrected chi connectivity index (χ1v) is 11.3. The van der Waals surface area contributed by atoms with E-state index in [-0.39, 0.29) is 0 Å². The summed E-state index contributed by atoms with van der Waals surface area (Å²) in [6, 6.07) is 0. The van der Waals surface area contributed by atoms with E-state index in [0.717, 1.165) is 15.5 Å². The summed E-state index contributed by atoms with van der Waals surface area (Å²) in [5, 5.41) is 0. The molecule has 0 saturated heterocycles. The van der Waals surface area contributed by atoms with Gasteiger partial charge in [-0.15, -0.1) is 58.8 Å². The largest absolute Gasteiger partial charge is 0.240 e. The molecular formula is C12H15NOS5. The van der Waals surface area contributed by atoms with Gasteiger partial charge in [0.05, 0.1) is 0 Å². The first-order chi connectivity index (χ1) is 9.19. The summed E-state index contributed by atoms with van der Waals surface area (Å²) in [6.07, 6.45) is 11.9. The minimum absolute atomic E-state index is 0.765. The molecule has 0 fully saturated rings. The van der Waals surface area contributed by atoms with Crippen LogP contribution in [0.4, 0.5) is 5.69 Å². The van der Waals surface area contributed by atoms with Crippen molar-refractivity contribution in [1.82, 2.24) is 0 Å². The Morgan fingerprint density at radius 1 is 0.684 bits per heavy atom. The van der Waals surface area contributed by atoms with Crippen molar-refractivity contribution in [3.05, 3.63) is 0 Å².